The molecular formula is C24H22N4O2. The third-order valence-electron chi connectivity index (χ3n) is 5.38. The maximum absolute atomic E-state index is 12.7. The van der Waals surface area contributed by atoms with Crippen molar-refractivity contribution in [1.29, 1.82) is 0 Å². The van der Waals surface area contributed by atoms with Crippen molar-refractivity contribution < 1.29 is 9.21 Å². The average molecular weight is 398 g/mol. The number of benzene rings is 2. The van der Waals surface area contributed by atoms with Crippen molar-refractivity contribution in [2.75, 3.05) is 23.3 Å². The molecule has 150 valence electrons. The first-order valence-electron chi connectivity index (χ1n) is 10.2. The summed E-state index contributed by atoms with van der Waals surface area (Å²) in [4.78, 5) is 23.7. The van der Waals surface area contributed by atoms with Crippen LogP contribution in [-0.4, -0.2) is 29.0 Å². The highest BCUT2D eigenvalue weighted by molar-refractivity contribution is 6.04. The van der Waals surface area contributed by atoms with Crippen LogP contribution >= 0.6 is 0 Å². The van der Waals surface area contributed by atoms with Crippen molar-refractivity contribution in [2.45, 2.75) is 19.3 Å². The summed E-state index contributed by atoms with van der Waals surface area (Å²) in [5.74, 6) is 0.335. The Morgan fingerprint density at radius 1 is 0.967 bits per heavy atom. The van der Waals surface area contributed by atoms with E-state index in [1.165, 1.54) is 24.9 Å². The molecule has 0 aliphatic carbocycles. The first-order valence-corrected chi connectivity index (χ1v) is 10.2. The molecule has 0 unspecified atom stereocenters. The Kier molecular flexibility index (Phi) is 4.89. The van der Waals surface area contributed by atoms with E-state index in [0.29, 0.717) is 28.4 Å². The summed E-state index contributed by atoms with van der Waals surface area (Å²) < 4.78 is 5.78. The fourth-order valence-electron chi connectivity index (χ4n) is 3.80. The van der Waals surface area contributed by atoms with Crippen LogP contribution in [0.25, 0.3) is 22.7 Å². The number of hydrogen-bond donors (Lipinski definition) is 1. The Balaban J connectivity index is 1.31. The monoisotopic (exact) mass is 398 g/mol. The summed E-state index contributed by atoms with van der Waals surface area (Å²) in [7, 11) is 0. The van der Waals surface area contributed by atoms with Gasteiger partial charge in [-0.1, -0.05) is 6.07 Å². The third kappa shape index (κ3) is 3.76. The van der Waals surface area contributed by atoms with Gasteiger partial charge in [-0.3, -0.25) is 4.79 Å². The molecule has 2 aromatic carbocycles. The lowest BCUT2D eigenvalue weighted by Gasteiger charge is -2.28. The zero-order chi connectivity index (χ0) is 20.3. The van der Waals surface area contributed by atoms with E-state index >= 15 is 0 Å². The summed E-state index contributed by atoms with van der Waals surface area (Å²) in [5, 5.41) is 2.96. The van der Waals surface area contributed by atoms with Crippen LogP contribution in [-0.2, 0) is 0 Å². The first-order chi connectivity index (χ1) is 14.8. The van der Waals surface area contributed by atoms with Crippen molar-refractivity contribution in [2.24, 2.45) is 0 Å². The second-order valence-electron chi connectivity index (χ2n) is 7.47. The maximum Gasteiger partial charge on any atom is 0.255 e. The summed E-state index contributed by atoms with van der Waals surface area (Å²) in [6.07, 6.45) is 5.45. The molecular weight excluding hydrogens is 376 g/mol. The van der Waals surface area contributed by atoms with Crippen LogP contribution in [0.2, 0.25) is 0 Å². The first kappa shape index (κ1) is 18.4. The van der Waals surface area contributed by atoms with Crippen LogP contribution in [0.3, 0.4) is 0 Å². The minimum Gasteiger partial charge on any atom is -0.434 e. The zero-order valence-electron chi connectivity index (χ0n) is 16.5. The fourth-order valence-corrected chi connectivity index (χ4v) is 3.80. The third-order valence-corrected chi connectivity index (χ3v) is 5.38. The number of nitrogens with one attached hydrogen (secondary N) is 1. The minimum absolute atomic E-state index is 0.142. The number of oxazole rings is 1. The van der Waals surface area contributed by atoms with Gasteiger partial charge >= 0.3 is 0 Å². The van der Waals surface area contributed by atoms with Crippen LogP contribution in [0.5, 0.6) is 0 Å². The fraction of sp³-hybridized carbons (Fsp3) is 0.208. The van der Waals surface area contributed by atoms with Gasteiger partial charge in [0.15, 0.2) is 11.2 Å². The number of hydrogen-bond acceptors (Lipinski definition) is 5. The van der Waals surface area contributed by atoms with Crippen molar-refractivity contribution in [1.82, 2.24) is 9.97 Å². The summed E-state index contributed by atoms with van der Waals surface area (Å²) >= 11 is 0. The molecule has 1 N–H and O–H groups in total. The molecule has 0 bridgehead atoms. The van der Waals surface area contributed by atoms with E-state index in [4.69, 9.17) is 4.42 Å². The standard InChI is InChI=1S/C24H22N4O2/c29-23(17-9-11-20(12-10-17)28-14-2-1-3-15-28)26-19-7-4-6-18(16-19)24-27-22-21(30-24)8-5-13-25-22/h4-13,16H,1-3,14-15H2,(H,26,29). The molecule has 6 heteroatoms. The van der Waals surface area contributed by atoms with Gasteiger partial charge in [0, 0.05) is 41.8 Å². The Bertz CT molecular complexity index is 1140. The number of anilines is 2. The van der Waals surface area contributed by atoms with Crippen LogP contribution in [0, 0.1) is 0 Å². The Labute approximate surface area is 174 Å². The zero-order valence-corrected chi connectivity index (χ0v) is 16.5. The van der Waals surface area contributed by atoms with Gasteiger partial charge in [-0.05, 0) is 73.9 Å². The predicted octanol–water partition coefficient (Wildman–Crippen LogP) is 5.13. The molecule has 1 amide bonds. The molecule has 5 rings (SSSR count). The number of pyridine rings is 1. The van der Waals surface area contributed by atoms with Crippen molar-refractivity contribution in [3.05, 3.63) is 72.4 Å². The highest BCUT2D eigenvalue weighted by Crippen LogP contribution is 2.26. The molecule has 1 fully saturated rings. The summed E-state index contributed by atoms with van der Waals surface area (Å²) in [5.41, 5.74) is 4.48. The number of carbonyl (C=O) groups excluding carboxylic acids is 1. The van der Waals surface area contributed by atoms with Gasteiger partial charge in [0.25, 0.3) is 5.91 Å². The molecule has 6 nitrogen and oxygen atoms in total. The van der Waals surface area contributed by atoms with E-state index in [1.807, 2.05) is 60.7 Å². The molecule has 1 aliphatic rings. The molecule has 4 aromatic rings. The van der Waals surface area contributed by atoms with Gasteiger partial charge in [-0.15, -0.1) is 0 Å². The molecule has 1 saturated heterocycles. The van der Waals surface area contributed by atoms with Crippen LogP contribution in [0.1, 0.15) is 29.6 Å². The van der Waals surface area contributed by atoms with Gasteiger partial charge in [0.05, 0.1) is 0 Å². The summed E-state index contributed by atoms with van der Waals surface area (Å²) in [6.45, 7) is 2.17. The number of piperidine rings is 1. The number of aromatic nitrogens is 2. The number of rotatable bonds is 4. The molecule has 0 radical (unpaired) electrons. The lowest BCUT2D eigenvalue weighted by molar-refractivity contribution is 0.102. The lowest BCUT2D eigenvalue weighted by Crippen LogP contribution is -2.29. The molecule has 0 atom stereocenters. The Morgan fingerprint density at radius 2 is 1.80 bits per heavy atom. The van der Waals surface area contributed by atoms with Gasteiger partial charge < -0.3 is 14.6 Å². The van der Waals surface area contributed by atoms with Crippen molar-refractivity contribution in [3.63, 3.8) is 0 Å². The van der Waals surface area contributed by atoms with Gasteiger partial charge in [0.2, 0.25) is 5.89 Å². The molecule has 30 heavy (non-hydrogen) atoms. The highest BCUT2D eigenvalue weighted by atomic mass is 16.3. The van der Waals surface area contributed by atoms with Crippen molar-refractivity contribution >= 4 is 28.5 Å². The van der Waals surface area contributed by atoms with Gasteiger partial charge in [-0.25, -0.2) is 4.98 Å². The summed E-state index contributed by atoms with van der Waals surface area (Å²) in [6, 6.07) is 18.9. The SMILES string of the molecule is O=C(Nc1cccc(-c2nc3ncccc3o2)c1)c1ccc(N2CCCCC2)cc1. The number of amides is 1. The smallest absolute Gasteiger partial charge is 0.255 e. The Morgan fingerprint density at radius 3 is 2.60 bits per heavy atom. The maximum atomic E-state index is 12.7. The van der Waals surface area contributed by atoms with Crippen molar-refractivity contribution in [3.8, 4) is 11.5 Å². The largest absolute Gasteiger partial charge is 0.434 e. The number of nitrogens with zero attached hydrogens (tertiary/aromatic N) is 3. The number of carbonyl (C=O) groups is 1. The normalized spacial score (nSPS) is 14.1. The van der Waals surface area contributed by atoms with Gasteiger partial charge in [-0.2, -0.15) is 4.98 Å². The second-order valence-corrected chi connectivity index (χ2v) is 7.47. The van der Waals surface area contributed by atoms with E-state index < -0.39 is 0 Å². The van der Waals surface area contributed by atoms with E-state index in [1.54, 1.807) is 6.20 Å². The molecule has 1 aliphatic heterocycles. The molecule has 2 aromatic heterocycles. The number of fused-ring (bicyclic) bond motifs is 1. The van der Waals surface area contributed by atoms with Crippen LogP contribution in [0.4, 0.5) is 11.4 Å². The Hall–Kier alpha value is -3.67. The molecule has 0 saturated carbocycles. The topological polar surface area (TPSA) is 71.3 Å². The molecule has 0 spiro atoms. The van der Waals surface area contributed by atoms with E-state index in [9.17, 15) is 4.79 Å². The molecule has 3 heterocycles. The van der Waals surface area contributed by atoms with Crippen LogP contribution < -0.4 is 10.2 Å². The second kappa shape index (κ2) is 7.99. The lowest BCUT2D eigenvalue weighted by atomic mass is 10.1. The highest BCUT2D eigenvalue weighted by Gasteiger charge is 2.13. The average Bonchev–Trinajstić information content (AvgIpc) is 3.24. The van der Waals surface area contributed by atoms with E-state index in [2.05, 4.69) is 20.2 Å². The quantitative estimate of drug-likeness (QED) is 0.516. The van der Waals surface area contributed by atoms with E-state index in [0.717, 1.165) is 18.7 Å². The predicted molar refractivity (Wildman–Crippen MR) is 118 cm³/mol. The van der Waals surface area contributed by atoms with Gasteiger partial charge in [0.1, 0.15) is 0 Å². The minimum atomic E-state index is -0.142. The van der Waals surface area contributed by atoms with E-state index in [-0.39, 0.29) is 5.91 Å². The van der Waals surface area contributed by atoms with Crippen LogP contribution in [0.15, 0.2) is 71.3 Å².